The molecular weight excluding hydrogens is 227 g/mol. The maximum atomic E-state index is 13.4. The first-order chi connectivity index (χ1) is 8.55. The fraction of sp³-hybridized carbons (Fsp3) is 0.533. The van der Waals surface area contributed by atoms with Gasteiger partial charge in [-0.1, -0.05) is 32.0 Å². The molecule has 0 aliphatic carbocycles. The Kier molecular flexibility index (Phi) is 5.80. The summed E-state index contributed by atoms with van der Waals surface area (Å²) in [6.07, 6.45) is 2.17. The molecule has 0 saturated carbocycles. The summed E-state index contributed by atoms with van der Waals surface area (Å²) in [5, 5.41) is 11.9. The molecule has 0 saturated heterocycles. The first-order valence-corrected chi connectivity index (χ1v) is 6.36. The summed E-state index contributed by atoms with van der Waals surface area (Å²) in [4.78, 5) is 0. The van der Waals surface area contributed by atoms with E-state index >= 15 is 0 Å². The van der Waals surface area contributed by atoms with Gasteiger partial charge in [0.25, 0.3) is 0 Å². The zero-order valence-corrected chi connectivity index (χ0v) is 11.2. The van der Waals surface area contributed by atoms with E-state index in [1.165, 1.54) is 6.07 Å². The van der Waals surface area contributed by atoms with Gasteiger partial charge in [0.1, 0.15) is 5.82 Å². The van der Waals surface area contributed by atoms with Crippen molar-refractivity contribution in [3.05, 3.63) is 35.6 Å². The Labute approximate surface area is 109 Å². The lowest BCUT2D eigenvalue weighted by Crippen LogP contribution is -2.30. The normalized spacial score (nSPS) is 11.2. The Bertz CT molecular complexity index is 407. The number of halogens is 1. The second-order valence-electron chi connectivity index (χ2n) is 5.34. The van der Waals surface area contributed by atoms with Gasteiger partial charge in [0.2, 0.25) is 0 Å². The molecule has 18 heavy (non-hydrogen) atoms. The minimum Gasteiger partial charge on any atom is -0.316 e. The molecule has 1 aromatic carbocycles. The lowest BCUT2D eigenvalue weighted by Gasteiger charge is -2.23. The molecule has 0 aliphatic rings. The zero-order chi connectivity index (χ0) is 13.4. The summed E-state index contributed by atoms with van der Waals surface area (Å²) in [7, 11) is 0. The van der Waals surface area contributed by atoms with E-state index in [0.717, 1.165) is 25.1 Å². The van der Waals surface area contributed by atoms with Gasteiger partial charge in [-0.25, -0.2) is 4.39 Å². The number of nitrogens with zero attached hydrogens (tertiary/aromatic N) is 1. The number of benzene rings is 1. The molecule has 98 valence electrons. The summed E-state index contributed by atoms with van der Waals surface area (Å²) < 4.78 is 13.4. The van der Waals surface area contributed by atoms with Gasteiger partial charge in [0.15, 0.2) is 0 Å². The SMILES string of the molecule is CC(C)(CCC#N)CNCCc1ccccc1F. The summed E-state index contributed by atoms with van der Waals surface area (Å²) in [5.74, 6) is -0.136. The van der Waals surface area contributed by atoms with Crippen molar-refractivity contribution in [3.63, 3.8) is 0 Å². The first kappa shape index (κ1) is 14.7. The Balaban J connectivity index is 2.27. The topological polar surface area (TPSA) is 35.8 Å². The van der Waals surface area contributed by atoms with E-state index in [4.69, 9.17) is 5.26 Å². The predicted octanol–water partition coefficient (Wildman–Crippen LogP) is 3.29. The van der Waals surface area contributed by atoms with Gasteiger partial charge < -0.3 is 5.32 Å². The van der Waals surface area contributed by atoms with E-state index in [9.17, 15) is 4.39 Å². The third-order valence-electron chi connectivity index (χ3n) is 3.05. The fourth-order valence-corrected chi connectivity index (χ4v) is 1.83. The number of hydrogen-bond acceptors (Lipinski definition) is 2. The number of nitrogens with one attached hydrogen (secondary N) is 1. The molecule has 0 fully saturated rings. The predicted molar refractivity (Wildman–Crippen MR) is 71.6 cm³/mol. The second-order valence-corrected chi connectivity index (χ2v) is 5.34. The molecule has 3 heteroatoms. The largest absolute Gasteiger partial charge is 0.316 e. The van der Waals surface area contributed by atoms with Gasteiger partial charge >= 0.3 is 0 Å². The van der Waals surface area contributed by atoms with E-state index in [0.29, 0.717) is 12.8 Å². The Morgan fingerprint density at radius 1 is 1.33 bits per heavy atom. The molecule has 2 nitrogen and oxygen atoms in total. The molecule has 0 atom stereocenters. The van der Waals surface area contributed by atoms with Gasteiger partial charge in [0.05, 0.1) is 6.07 Å². The van der Waals surface area contributed by atoms with Crippen molar-refractivity contribution in [3.8, 4) is 6.07 Å². The van der Waals surface area contributed by atoms with Crippen LogP contribution < -0.4 is 5.32 Å². The van der Waals surface area contributed by atoms with Crippen LogP contribution in [0.2, 0.25) is 0 Å². The van der Waals surface area contributed by atoms with Crippen LogP contribution in [0.3, 0.4) is 0 Å². The Morgan fingerprint density at radius 2 is 2.06 bits per heavy atom. The lowest BCUT2D eigenvalue weighted by molar-refractivity contribution is 0.319. The average molecular weight is 248 g/mol. The van der Waals surface area contributed by atoms with Crippen molar-refractivity contribution < 1.29 is 4.39 Å². The standard InChI is InChI=1S/C15H21FN2/c1-15(2,9-5-10-17)12-18-11-8-13-6-3-4-7-14(13)16/h3-4,6-7,18H,5,8-9,11-12H2,1-2H3. The smallest absolute Gasteiger partial charge is 0.126 e. The van der Waals surface area contributed by atoms with Crippen LogP contribution in [0, 0.1) is 22.6 Å². The minimum atomic E-state index is -0.136. The van der Waals surface area contributed by atoms with Crippen molar-refractivity contribution >= 4 is 0 Å². The van der Waals surface area contributed by atoms with Crippen LogP contribution >= 0.6 is 0 Å². The third kappa shape index (κ3) is 5.29. The maximum absolute atomic E-state index is 13.4. The summed E-state index contributed by atoms with van der Waals surface area (Å²) >= 11 is 0. The Hall–Kier alpha value is -1.40. The van der Waals surface area contributed by atoms with Gasteiger partial charge in [-0.2, -0.15) is 5.26 Å². The van der Waals surface area contributed by atoms with Gasteiger partial charge in [0, 0.05) is 13.0 Å². The van der Waals surface area contributed by atoms with E-state index in [2.05, 4.69) is 25.2 Å². The Morgan fingerprint density at radius 3 is 2.72 bits per heavy atom. The number of hydrogen-bond donors (Lipinski definition) is 1. The third-order valence-corrected chi connectivity index (χ3v) is 3.05. The van der Waals surface area contributed by atoms with Crippen LogP contribution in [-0.2, 0) is 6.42 Å². The van der Waals surface area contributed by atoms with Crippen LogP contribution in [-0.4, -0.2) is 13.1 Å². The van der Waals surface area contributed by atoms with Crippen molar-refractivity contribution in [2.45, 2.75) is 33.1 Å². The second kappa shape index (κ2) is 7.13. The van der Waals surface area contributed by atoms with Gasteiger partial charge in [-0.3, -0.25) is 0 Å². The highest BCUT2D eigenvalue weighted by molar-refractivity contribution is 5.17. The first-order valence-electron chi connectivity index (χ1n) is 6.36. The van der Waals surface area contributed by atoms with E-state index in [1.54, 1.807) is 6.07 Å². The molecule has 0 aromatic heterocycles. The highest BCUT2D eigenvalue weighted by atomic mass is 19.1. The maximum Gasteiger partial charge on any atom is 0.126 e. The molecule has 0 spiro atoms. The molecule has 0 unspecified atom stereocenters. The molecule has 1 rings (SSSR count). The number of nitriles is 1. The van der Waals surface area contributed by atoms with E-state index < -0.39 is 0 Å². The summed E-state index contributed by atoms with van der Waals surface area (Å²) in [6, 6.07) is 9.04. The van der Waals surface area contributed by atoms with Gasteiger partial charge in [-0.05, 0) is 36.4 Å². The molecule has 0 bridgehead atoms. The molecular formula is C15H21FN2. The molecule has 1 aromatic rings. The summed E-state index contributed by atoms with van der Waals surface area (Å²) in [6.45, 7) is 5.89. The van der Waals surface area contributed by atoms with Crippen LogP contribution in [0.5, 0.6) is 0 Å². The van der Waals surface area contributed by atoms with Crippen LogP contribution in [0.25, 0.3) is 0 Å². The molecule has 0 aliphatic heterocycles. The molecule has 1 N–H and O–H groups in total. The van der Waals surface area contributed by atoms with Crippen LogP contribution in [0.4, 0.5) is 4.39 Å². The minimum absolute atomic E-state index is 0.116. The monoisotopic (exact) mass is 248 g/mol. The molecule has 0 amide bonds. The van der Waals surface area contributed by atoms with E-state index in [1.807, 2.05) is 12.1 Å². The van der Waals surface area contributed by atoms with Gasteiger partial charge in [-0.15, -0.1) is 0 Å². The quantitative estimate of drug-likeness (QED) is 0.752. The van der Waals surface area contributed by atoms with Crippen molar-refractivity contribution in [1.29, 1.82) is 5.26 Å². The van der Waals surface area contributed by atoms with E-state index in [-0.39, 0.29) is 11.2 Å². The average Bonchev–Trinajstić information content (AvgIpc) is 2.34. The highest BCUT2D eigenvalue weighted by Crippen LogP contribution is 2.20. The van der Waals surface area contributed by atoms with Crippen LogP contribution in [0.15, 0.2) is 24.3 Å². The van der Waals surface area contributed by atoms with Crippen molar-refractivity contribution in [1.82, 2.24) is 5.32 Å². The van der Waals surface area contributed by atoms with Crippen molar-refractivity contribution in [2.24, 2.45) is 5.41 Å². The molecule has 0 radical (unpaired) electrons. The summed E-state index contributed by atoms with van der Waals surface area (Å²) in [5.41, 5.74) is 0.866. The van der Waals surface area contributed by atoms with Crippen molar-refractivity contribution in [2.75, 3.05) is 13.1 Å². The highest BCUT2D eigenvalue weighted by Gasteiger charge is 2.16. The van der Waals surface area contributed by atoms with Crippen LogP contribution in [0.1, 0.15) is 32.3 Å². The lowest BCUT2D eigenvalue weighted by atomic mass is 9.88. The zero-order valence-electron chi connectivity index (χ0n) is 11.2. The fourth-order valence-electron chi connectivity index (χ4n) is 1.83. The molecule has 0 heterocycles. The number of rotatable bonds is 7.